The highest BCUT2D eigenvalue weighted by molar-refractivity contribution is 6.32. The van der Waals surface area contributed by atoms with E-state index >= 15 is 0 Å². The molecule has 3 aromatic carbocycles. The van der Waals surface area contributed by atoms with Gasteiger partial charge in [0.2, 0.25) is 0 Å². The molecular formula is C25H25ClF2O3. The summed E-state index contributed by atoms with van der Waals surface area (Å²) >= 11 is 6.32. The van der Waals surface area contributed by atoms with Crippen LogP contribution < -0.4 is 9.47 Å². The summed E-state index contributed by atoms with van der Waals surface area (Å²) in [6.45, 7) is 7.31. The number of rotatable bonds is 9. The van der Waals surface area contributed by atoms with Gasteiger partial charge in [-0.2, -0.15) is 0 Å². The standard InChI is InChI=1S/C25H25ClF2O3/c1-4-30-23-12-6-18(14-21(23)26)25(2,3)16-29-15-17-5-11-22(28)24(13-17)31-20-9-7-19(27)8-10-20/h5-14H,4,15-16H2,1-3H3. The Labute approximate surface area is 186 Å². The van der Waals surface area contributed by atoms with E-state index in [0.717, 1.165) is 11.1 Å². The Morgan fingerprint density at radius 3 is 2.32 bits per heavy atom. The summed E-state index contributed by atoms with van der Waals surface area (Å²) in [7, 11) is 0. The summed E-state index contributed by atoms with van der Waals surface area (Å²) in [4.78, 5) is 0. The maximum atomic E-state index is 14.1. The van der Waals surface area contributed by atoms with Crippen molar-refractivity contribution in [1.29, 1.82) is 0 Å². The molecule has 0 aliphatic carbocycles. The molecule has 0 saturated heterocycles. The lowest BCUT2D eigenvalue weighted by Crippen LogP contribution is -2.24. The van der Waals surface area contributed by atoms with Crippen LogP contribution >= 0.6 is 11.6 Å². The van der Waals surface area contributed by atoms with Crippen molar-refractivity contribution in [3.63, 3.8) is 0 Å². The lowest BCUT2D eigenvalue weighted by atomic mass is 9.85. The number of hydrogen-bond donors (Lipinski definition) is 0. The molecule has 0 bridgehead atoms. The molecule has 164 valence electrons. The van der Waals surface area contributed by atoms with Gasteiger partial charge in [0.05, 0.1) is 24.8 Å². The van der Waals surface area contributed by atoms with E-state index < -0.39 is 5.82 Å². The predicted octanol–water partition coefficient (Wildman–Crippen LogP) is 7.30. The van der Waals surface area contributed by atoms with E-state index in [-0.39, 0.29) is 23.6 Å². The maximum Gasteiger partial charge on any atom is 0.165 e. The van der Waals surface area contributed by atoms with E-state index in [1.165, 1.54) is 30.3 Å². The third kappa shape index (κ3) is 6.18. The fourth-order valence-corrected chi connectivity index (χ4v) is 3.28. The van der Waals surface area contributed by atoms with Gasteiger partial charge in [0.1, 0.15) is 17.3 Å². The first-order valence-corrected chi connectivity index (χ1v) is 10.4. The van der Waals surface area contributed by atoms with Crippen molar-refractivity contribution in [2.45, 2.75) is 32.8 Å². The molecule has 0 fully saturated rings. The second kappa shape index (κ2) is 10.1. The first kappa shape index (κ1) is 23.0. The highest BCUT2D eigenvalue weighted by Gasteiger charge is 2.22. The normalized spacial score (nSPS) is 11.4. The topological polar surface area (TPSA) is 27.7 Å². The summed E-state index contributed by atoms with van der Waals surface area (Å²) in [5, 5.41) is 0.563. The van der Waals surface area contributed by atoms with E-state index in [4.69, 9.17) is 25.8 Å². The molecular weight excluding hydrogens is 422 g/mol. The van der Waals surface area contributed by atoms with Crippen LogP contribution in [0.2, 0.25) is 5.02 Å². The van der Waals surface area contributed by atoms with Gasteiger partial charge in [0.15, 0.2) is 11.6 Å². The number of halogens is 3. The smallest absolute Gasteiger partial charge is 0.165 e. The molecule has 0 saturated carbocycles. The summed E-state index contributed by atoms with van der Waals surface area (Å²) in [5.41, 5.74) is 1.50. The van der Waals surface area contributed by atoms with Crippen LogP contribution in [0.4, 0.5) is 8.78 Å². The van der Waals surface area contributed by atoms with E-state index in [1.807, 2.05) is 25.1 Å². The van der Waals surface area contributed by atoms with Crippen molar-refractivity contribution in [3.8, 4) is 17.2 Å². The monoisotopic (exact) mass is 446 g/mol. The van der Waals surface area contributed by atoms with Gasteiger partial charge in [-0.3, -0.25) is 0 Å². The molecule has 3 nitrogen and oxygen atoms in total. The molecule has 3 aromatic rings. The van der Waals surface area contributed by atoms with Crippen molar-refractivity contribution < 1.29 is 23.0 Å². The zero-order valence-corrected chi connectivity index (χ0v) is 18.5. The molecule has 0 atom stereocenters. The second-order valence-corrected chi connectivity index (χ2v) is 8.18. The fraction of sp³-hybridized carbons (Fsp3) is 0.280. The van der Waals surface area contributed by atoms with Crippen LogP contribution in [0.5, 0.6) is 17.2 Å². The molecule has 0 heterocycles. The van der Waals surface area contributed by atoms with Crippen LogP contribution in [-0.2, 0) is 16.8 Å². The number of benzene rings is 3. The molecule has 0 aromatic heterocycles. The van der Waals surface area contributed by atoms with Crippen molar-refractivity contribution >= 4 is 11.6 Å². The van der Waals surface area contributed by atoms with Crippen molar-refractivity contribution in [2.24, 2.45) is 0 Å². The van der Waals surface area contributed by atoms with Crippen LogP contribution in [0.25, 0.3) is 0 Å². The molecule has 0 amide bonds. The van der Waals surface area contributed by atoms with Crippen LogP contribution in [0.15, 0.2) is 60.7 Å². The summed E-state index contributed by atoms with van der Waals surface area (Å²) in [6, 6.07) is 15.7. The number of hydrogen-bond acceptors (Lipinski definition) is 3. The Hall–Kier alpha value is -2.63. The third-order valence-electron chi connectivity index (χ3n) is 4.78. The van der Waals surface area contributed by atoms with Gasteiger partial charge in [-0.05, 0) is 66.6 Å². The minimum atomic E-state index is -0.502. The van der Waals surface area contributed by atoms with Crippen molar-refractivity contribution in [1.82, 2.24) is 0 Å². The maximum absolute atomic E-state index is 14.1. The first-order valence-electron chi connectivity index (χ1n) is 10.0. The second-order valence-electron chi connectivity index (χ2n) is 7.78. The lowest BCUT2D eigenvalue weighted by molar-refractivity contribution is 0.0823. The molecule has 0 spiro atoms. The quantitative estimate of drug-likeness (QED) is 0.345. The molecule has 0 unspecified atom stereocenters. The van der Waals surface area contributed by atoms with Gasteiger partial charge in [0, 0.05) is 5.41 Å². The van der Waals surface area contributed by atoms with Crippen LogP contribution in [0.1, 0.15) is 31.9 Å². The third-order valence-corrected chi connectivity index (χ3v) is 5.08. The largest absolute Gasteiger partial charge is 0.492 e. The van der Waals surface area contributed by atoms with Gasteiger partial charge in [0.25, 0.3) is 0 Å². The summed E-state index contributed by atoms with van der Waals surface area (Å²) in [6.07, 6.45) is 0. The highest BCUT2D eigenvalue weighted by Crippen LogP contribution is 2.32. The zero-order valence-electron chi connectivity index (χ0n) is 17.8. The molecule has 0 aliphatic heterocycles. The number of ether oxygens (including phenoxy) is 3. The Balaban J connectivity index is 1.63. The van der Waals surface area contributed by atoms with Gasteiger partial charge >= 0.3 is 0 Å². The van der Waals surface area contributed by atoms with Crippen molar-refractivity contribution in [2.75, 3.05) is 13.2 Å². The van der Waals surface area contributed by atoms with E-state index in [9.17, 15) is 8.78 Å². The van der Waals surface area contributed by atoms with E-state index in [0.29, 0.717) is 29.7 Å². The summed E-state index contributed by atoms with van der Waals surface area (Å²) < 4.78 is 44.1. The Bertz CT molecular complexity index is 1020. The average molecular weight is 447 g/mol. The minimum absolute atomic E-state index is 0.0604. The van der Waals surface area contributed by atoms with E-state index in [2.05, 4.69) is 13.8 Å². The SMILES string of the molecule is CCOc1ccc(C(C)(C)COCc2ccc(F)c(Oc3ccc(F)cc3)c2)cc1Cl. The molecule has 3 rings (SSSR count). The molecule has 0 aliphatic rings. The van der Waals surface area contributed by atoms with Gasteiger partial charge < -0.3 is 14.2 Å². The predicted molar refractivity (Wildman–Crippen MR) is 118 cm³/mol. The molecule has 6 heteroatoms. The summed E-state index contributed by atoms with van der Waals surface area (Å²) in [5.74, 6) is 0.186. The molecule has 31 heavy (non-hydrogen) atoms. The highest BCUT2D eigenvalue weighted by atomic mass is 35.5. The first-order chi connectivity index (χ1) is 14.8. The molecule has 0 N–H and O–H groups in total. The minimum Gasteiger partial charge on any atom is -0.492 e. The van der Waals surface area contributed by atoms with E-state index in [1.54, 1.807) is 12.1 Å². The average Bonchev–Trinajstić information content (AvgIpc) is 2.73. The Kier molecular flexibility index (Phi) is 7.52. The van der Waals surface area contributed by atoms with Crippen LogP contribution in [0, 0.1) is 11.6 Å². The van der Waals surface area contributed by atoms with Crippen LogP contribution in [0.3, 0.4) is 0 Å². The van der Waals surface area contributed by atoms with Gasteiger partial charge in [-0.1, -0.05) is 37.6 Å². The Morgan fingerprint density at radius 1 is 0.903 bits per heavy atom. The van der Waals surface area contributed by atoms with Crippen LogP contribution in [-0.4, -0.2) is 13.2 Å². The fourth-order valence-electron chi connectivity index (χ4n) is 3.05. The van der Waals surface area contributed by atoms with Gasteiger partial charge in [-0.15, -0.1) is 0 Å². The Morgan fingerprint density at radius 2 is 1.65 bits per heavy atom. The lowest BCUT2D eigenvalue weighted by Gasteiger charge is -2.26. The zero-order chi connectivity index (χ0) is 22.4. The van der Waals surface area contributed by atoms with Gasteiger partial charge in [-0.25, -0.2) is 8.78 Å². The molecule has 0 radical (unpaired) electrons. The van der Waals surface area contributed by atoms with Crippen molar-refractivity contribution in [3.05, 3.63) is 88.4 Å².